The number of ketones is 2. The molecule has 3 nitrogen and oxygen atoms in total. The Bertz CT molecular complexity index is 346. The van der Waals surface area contributed by atoms with E-state index in [4.69, 9.17) is 0 Å². The van der Waals surface area contributed by atoms with Gasteiger partial charge in [0.2, 0.25) is 0 Å². The fourth-order valence-electron chi connectivity index (χ4n) is 0.937. The van der Waals surface area contributed by atoms with Crippen LogP contribution in [0.5, 0.6) is 0 Å². The minimum atomic E-state index is -0.193. The summed E-state index contributed by atoms with van der Waals surface area (Å²) in [6.07, 6.45) is -0.0825. The van der Waals surface area contributed by atoms with Gasteiger partial charge in [0, 0.05) is 17.0 Å². The van der Waals surface area contributed by atoms with Crippen LogP contribution in [0.15, 0.2) is 15.9 Å². The molecule has 0 unspecified atom stereocenters. The highest BCUT2D eigenvalue weighted by Crippen LogP contribution is 2.20. The zero-order valence-corrected chi connectivity index (χ0v) is 9.98. The molecule has 0 N–H and O–H groups in total. The van der Waals surface area contributed by atoms with Gasteiger partial charge in [0.05, 0.1) is 11.3 Å². The van der Waals surface area contributed by atoms with Crippen molar-refractivity contribution in [3.05, 3.63) is 20.8 Å². The molecule has 0 amide bonds. The average Bonchev–Trinajstić information content (AvgIpc) is 2.52. The Balaban J connectivity index is 2.55. The van der Waals surface area contributed by atoms with E-state index < -0.39 is 0 Å². The number of carbonyl (C=O) groups is 2. The van der Waals surface area contributed by atoms with Gasteiger partial charge in [-0.2, -0.15) is 0 Å². The largest absolute Gasteiger partial charge is 0.377 e. The van der Waals surface area contributed by atoms with E-state index in [9.17, 15) is 9.59 Å². The fraction of sp³-hybridized carbons (Fsp3) is 0.333. The van der Waals surface area contributed by atoms with Crippen LogP contribution < -0.4 is 0 Å². The number of ether oxygens (including phenoxy) is 1. The lowest BCUT2D eigenvalue weighted by atomic mass is 10.2. The first-order valence-corrected chi connectivity index (χ1v) is 5.58. The molecule has 0 spiro atoms. The maximum absolute atomic E-state index is 11.5. The van der Waals surface area contributed by atoms with Crippen molar-refractivity contribution in [1.82, 2.24) is 0 Å². The fourth-order valence-corrected chi connectivity index (χ4v) is 2.30. The van der Waals surface area contributed by atoms with Gasteiger partial charge in [-0.1, -0.05) is 0 Å². The number of halogens is 1. The van der Waals surface area contributed by atoms with E-state index in [1.54, 1.807) is 6.07 Å². The van der Waals surface area contributed by atoms with Crippen LogP contribution in [0.1, 0.15) is 16.1 Å². The number of hydrogen-bond acceptors (Lipinski definition) is 4. The summed E-state index contributed by atoms with van der Waals surface area (Å²) in [7, 11) is 1.43. The van der Waals surface area contributed by atoms with Crippen LogP contribution in [0.2, 0.25) is 0 Å². The predicted molar refractivity (Wildman–Crippen MR) is 57.8 cm³/mol. The molecule has 1 aromatic rings. The molecule has 0 radical (unpaired) electrons. The lowest BCUT2D eigenvalue weighted by molar-refractivity contribution is -0.121. The van der Waals surface area contributed by atoms with E-state index in [1.165, 1.54) is 18.4 Å². The normalized spacial score (nSPS) is 10.1. The molecule has 5 heteroatoms. The summed E-state index contributed by atoms with van der Waals surface area (Å²) in [4.78, 5) is 23.1. The molecular weight excluding hydrogens is 268 g/mol. The van der Waals surface area contributed by atoms with E-state index in [0.717, 1.165) is 4.47 Å². The second kappa shape index (κ2) is 5.38. The van der Waals surface area contributed by atoms with Gasteiger partial charge in [-0.05, 0) is 22.0 Å². The molecule has 0 aliphatic carbocycles. The van der Waals surface area contributed by atoms with Crippen molar-refractivity contribution in [3.63, 3.8) is 0 Å². The van der Waals surface area contributed by atoms with Gasteiger partial charge in [-0.25, -0.2) is 0 Å². The molecule has 0 saturated carbocycles. The summed E-state index contributed by atoms with van der Waals surface area (Å²) in [6.45, 7) is -0.00170. The molecule has 0 bridgehead atoms. The smallest absolute Gasteiger partial charge is 0.180 e. The Kier molecular flexibility index (Phi) is 4.44. The monoisotopic (exact) mass is 276 g/mol. The van der Waals surface area contributed by atoms with Crippen LogP contribution in [-0.4, -0.2) is 25.3 Å². The first-order valence-electron chi connectivity index (χ1n) is 3.91. The average molecular weight is 277 g/mol. The van der Waals surface area contributed by atoms with Gasteiger partial charge in [-0.3, -0.25) is 9.59 Å². The van der Waals surface area contributed by atoms with Crippen LogP contribution in [-0.2, 0) is 9.53 Å². The molecule has 76 valence electrons. The lowest BCUT2D eigenvalue weighted by Crippen LogP contribution is -2.11. The molecular formula is C9H9BrO3S. The Morgan fingerprint density at radius 1 is 1.57 bits per heavy atom. The summed E-state index contributed by atoms with van der Waals surface area (Å²) in [5.74, 6) is -0.343. The highest BCUT2D eigenvalue weighted by atomic mass is 79.9. The van der Waals surface area contributed by atoms with Crippen molar-refractivity contribution in [2.45, 2.75) is 6.42 Å². The molecule has 1 heterocycles. The van der Waals surface area contributed by atoms with Gasteiger partial charge in [-0.15, -0.1) is 11.3 Å². The Labute approximate surface area is 94.2 Å². The van der Waals surface area contributed by atoms with Gasteiger partial charge in [0.25, 0.3) is 0 Å². The highest BCUT2D eigenvalue weighted by molar-refractivity contribution is 9.10. The topological polar surface area (TPSA) is 43.4 Å². The van der Waals surface area contributed by atoms with E-state index in [2.05, 4.69) is 20.7 Å². The number of methoxy groups -OCH3 is 1. The second-order valence-corrected chi connectivity index (χ2v) is 4.53. The molecule has 0 fully saturated rings. The third kappa shape index (κ3) is 3.32. The summed E-state index contributed by atoms with van der Waals surface area (Å²) in [5, 5.41) is 1.81. The van der Waals surface area contributed by atoms with Crippen molar-refractivity contribution in [2.75, 3.05) is 13.7 Å². The van der Waals surface area contributed by atoms with Crippen LogP contribution in [0, 0.1) is 0 Å². The minimum absolute atomic E-state index is 0.00170. The van der Waals surface area contributed by atoms with Crippen molar-refractivity contribution in [3.8, 4) is 0 Å². The van der Waals surface area contributed by atoms with E-state index in [-0.39, 0.29) is 24.6 Å². The molecule has 0 saturated heterocycles. The van der Waals surface area contributed by atoms with Crippen LogP contribution >= 0.6 is 27.3 Å². The van der Waals surface area contributed by atoms with Gasteiger partial charge >= 0.3 is 0 Å². The van der Waals surface area contributed by atoms with Gasteiger partial charge in [0.15, 0.2) is 11.6 Å². The van der Waals surface area contributed by atoms with E-state index in [1.807, 2.05) is 5.38 Å². The Morgan fingerprint density at radius 3 is 2.79 bits per heavy atom. The second-order valence-electron chi connectivity index (χ2n) is 2.70. The zero-order chi connectivity index (χ0) is 10.6. The van der Waals surface area contributed by atoms with Gasteiger partial charge < -0.3 is 4.74 Å². The highest BCUT2D eigenvalue weighted by Gasteiger charge is 2.13. The zero-order valence-electron chi connectivity index (χ0n) is 7.58. The van der Waals surface area contributed by atoms with E-state index >= 15 is 0 Å². The molecule has 0 atom stereocenters. The van der Waals surface area contributed by atoms with Gasteiger partial charge in [0.1, 0.15) is 6.61 Å². The summed E-state index contributed by atoms with van der Waals surface area (Å²) < 4.78 is 5.50. The van der Waals surface area contributed by atoms with Crippen LogP contribution in [0.25, 0.3) is 0 Å². The number of Topliss-reactive ketones (excluding diaryl/α,β-unsaturated/α-hetero) is 2. The summed E-state index contributed by atoms with van der Waals surface area (Å²) >= 11 is 4.57. The van der Waals surface area contributed by atoms with Crippen LogP contribution in [0.4, 0.5) is 0 Å². The number of rotatable bonds is 5. The number of carbonyl (C=O) groups excluding carboxylic acids is 2. The van der Waals surface area contributed by atoms with Crippen molar-refractivity contribution < 1.29 is 14.3 Å². The SMILES string of the molecule is COCC(=O)CC(=O)c1cc(Br)cs1. The maximum Gasteiger partial charge on any atom is 0.180 e. The first kappa shape index (κ1) is 11.6. The minimum Gasteiger partial charge on any atom is -0.377 e. The predicted octanol–water partition coefficient (Wildman–Crippen LogP) is 2.30. The number of thiophene rings is 1. The standard InChI is InChI=1S/C9H9BrO3S/c1-13-4-7(11)3-8(12)9-2-6(10)5-14-9/h2,5H,3-4H2,1H3. The number of hydrogen-bond donors (Lipinski definition) is 0. The molecule has 14 heavy (non-hydrogen) atoms. The Morgan fingerprint density at radius 2 is 2.29 bits per heavy atom. The van der Waals surface area contributed by atoms with Crippen molar-refractivity contribution in [1.29, 1.82) is 0 Å². The molecule has 1 aromatic heterocycles. The third-order valence-electron chi connectivity index (χ3n) is 1.51. The maximum atomic E-state index is 11.5. The molecule has 0 aliphatic heterocycles. The molecule has 1 rings (SSSR count). The molecule has 0 aliphatic rings. The van der Waals surface area contributed by atoms with Crippen LogP contribution in [0.3, 0.4) is 0 Å². The van der Waals surface area contributed by atoms with Crippen molar-refractivity contribution >= 4 is 38.8 Å². The quantitative estimate of drug-likeness (QED) is 0.612. The first-order chi connectivity index (χ1) is 6.63. The van der Waals surface area contributed by atoms with E-state index in [0.29, 0.717) is 4.88 Å². The van der Waals surface area contributed by atoms with Crippen molar-refractivity contribution in [2.24, 2.45) is 0 Å². The lowest BCUT2D eigenvalue weighted by Gasteiger charge is -1.96. The third-order valence-corrected chi connectivity index (χ3v) is 3.24. The molecule has 0 aromatic carbocycles. The Hall–Kier alpha value is -0.520. The summed E-state index contributed by atoms with van der Waals surface area (Å²) in [6, 6.07) is 1.72. The summed E-state index contributed by atoms with van der Waals surface area (Å²) in [5.41, 5.74) is 0.